The summed E-state index contributed by atoms with van der Waals surface area (Å²) >= 11 is 0. The summed E-state index contributed by atoms with van der Waals surface area (Å²) in [6.45, 7) is 1.16. The molecule has 2 fully saturated rings. The molecule has 3 aliphatic rings. The lowest BCUT2D eigenvalue weighted by Gasteiger charge is -2.31. The van der Waals surface area contributed by atoms with E-state index >= 15 is 0 Å². The molecular formula is C22H23NO3. The van der Waals surface area contributed by atoms with Crippen molar-refractivity contribution in [2.75, 3.05) is 19.8 Å². The highest BCUT2D eigenvalue weighted by Crippen LogP contribution is 2.48. The lowest BCUT2D eigenvalue weighted by Crippen LogP contribution is -2.41. The number of carbonyl (C=O) groups is 1. The second-order valence-corrected chi connectivity index (χ2v) is 7.99. The summed E-state index contributed by atoms with van der Waals surface area (Å²) in [6, 6.07) is 17.0. The topological polar surface area (TPSA) is 49.8 Å². The lowest BCUT2D eigenvalue weighted by atomic mass is 9.89. The molecule has 5 rings (SSSR count). The zero-order chi connectivity index (χ0) is 17.7. The van der Waals surface area contributed by atoms with E-state index in [-0.39, 0.29) is 30.1 Å². The van der Waals surface area contributed by atoms with Crippen LogP contribution in [0.3, 0.4) is 0 Å². The Morgan fingerprint density at radius 2 is 1.77 bits per heavy atom. The highest BCUT2D eigenvalue weighted by molar-refractivity contribution is 5.79. The van der Waals surface area contributed by atoms with Crippen LogP contribution in [0.25, 0.3) is 11.1 Å². The molecule has 1 heterocycles. The minimum absolute atomic E-state index is 0.0871. The minimum Gasteiger partial charge on any atom is -0.448 e. The standard InChI is InChI=1S/C22H23NO3/c24-14-22-10-9-15(11-22)23(13-22)21(25)26-12-20-18-7-3-1-5-16(18)17-6-2-4-8-19(17)20/h1-8,15,20,24H,9-14H2. The van der Waals surface area contributed by atoms with Gasteiger partial charge in [0.05, 0.1) is 6.61 Å². The highest BCUT2D eigenvalue weighted by Gasteiger charge is 2.51. The first-order valence-electron chi connectivity index (χ1n) is 9.43. The molecule has 1 aliphatic heterocycles. The number of piperidine rings is 1. The van der Waals surface area contributed by atoms with Crippen LogP contribution in [0, 0.1) is 5.41 Å². The Morgan fingerprint density at radius 1 is 1.12 bits per heavy atom. The summed E-state index contributed by atoms with van der Waals surface area (Å²) < 4.78 is 5.77. The fraction of sp³-hybridized carbons (Fsp3) is 0.409. The third kappa shape index (κ3) is 2.28. The number of nitrogens with zero attached hydrogens (tertiary/aromatic N) is 1. The van der Waals surface area contributed by atoms with Crippen molar-refractivity contribution >= 4 is 6.09 Å². The number of rotatable bonds is 3. The predicted molar refractivity (Wildman–Crippen MR) is 98.9 cm³/mol. The van der Waals surface area contributed by atoms with Crippen LogP contribution >= 0.6 is 0 Å². The molecule has 134 valence electrons. The van der Waals surface area contributed by atoms with Crippen molar-refractivity contribution < 1.29 is 14.6 Å². The fourth-order valence-electron chi connectivity index (χ4n) is 5.16. The molecule has 1 saturated carbocycles. The Labute approximate surface area is 153 Å². The van der Waals surface area contributed by atoms with Crippen LogP contribution < -0.4 is 0 Å². The van der Waals surface area contributed by atoms with E-state index in [1.54, 1.807) is 0 Å². The molecule has 2 bridgehead atoms. The van der Waals surface area contributed by atoms with E-state index in [0.29, 0.717) is 13.2 Å². The molecule has 2 aliphatic carbocycles. The largest absolute Gasteiger partial charge is 0.448 e. The van der Waals surface area contributed by atoms with E-state index in [1.165, 1.54) is 22.3 Å². The SMILES string of the molecule is O=C(OCC1c2ccccc2-c2ccccc21)N1CC2(CO)CCC1C2. The molecule has 4 nitrogen and oxygen atoms in total. The molecular weight excluding hydrogens is 326 g/mol. The van der Waals surface area contributed by atoms with Gasteiger partial charge in [0.2, 0.25) is 0 Å². The van der Waals surface area contributed by atoms with Crippen LogP contribution in [-0.2, 0) is 4.74 Å². The number of amides is 1. The third-order valence-corrected chi connectivity index (χ3v) is 6.53. The molecule has 0 aromatic heterocycles. The Kier molecular flexibility index (Phi) is 3.57. The van der Waals surface area contributed by atoms with Crippen LogP contribution in [0.4, 0.5) is 4.79 Å². The van der Waals surface area contributed by atoms with E-state index in [2.05, 4.69) is 36.4 Å². The second-order valence-electron chi connectivity index (χ2n) is 7.99. The van der Waals surface area contributed by atoms with Gasteiger partial charge in [0.25, 0.3) is 0 Å². The molecule has 0 radical (unpaired) electrons. The summed E-state index contributed by atoms with van der Waals surface area (Å²) in [6.07, 6.45) is 2.67. The Morgan fingerprint density at radius 3 is 2.38 bits per heavy atom. The number of ether oxygens (including phenoxy) is 1. The van der Waals surface area contributed by atoms with E-state index in [0.717, 1.165) is 19.3 Å². The molecule has 1 N–H and O–H groups in total. The van der Waals surface area contributed by atoms with Gasteiger partial charge in [-0.1, -0.05) is 48.5 Å². The molecule has 2 atom stereocenters. The van der Waals surface area contributed by atoms with Crippen LogP contribution in [0.5, 0.6) is 0 Å². The van der Waals surface area contributed by atoms with Gasteiger partial charge in [-0.05, 0) is 41.5 Å². The van der Waals surface area contributed by atoms with Crippen LogP contribution in [0.1, 0.15) is 36.3 Å². The number of carbonyl (C=O) groups excluding carboxylic acids is 1. The van der Waals surface area contributed by atoms with E-state index in [9.17, 15) is 9.90 Å². The third-order valence-electron chi connectivity index (χ3n) is 6.53. The molecule has 1 amide bonds. The van der Waals surface area contributed by atoms with Crippen molar-refractivity contribution in [1.82, 2.24) is 4.90 Å². The van der Waals surface area contributed by atoms with E-state index < -0.39 is 0 Å². The predicted octanol–water partition coefficient (Wildman–Crippen LogP) is 3.78. The number of hydrogen-bond donors (Lipinski definition) is 1. The lowest BCUT2D eigenvalue weighted by molar-refractivity contribution is 0.0687. The first kappa shape index (κ1) is 15.9. The van der Waals surface area contributed by atoms with Crippen LogP contribution in [0.15, 0.2) is 48.5 Å². The maximum atomic E-state index is 12.7. The number of aliphatic hydroxyl groups excluding tert-OH is 1. The first-order valence-corrected chi connectivity index (χ1v) is 9.43. The van der Waals surface area contributed by atoms with Gasteiger partial charge >= 0.3 is 6.09 Å². The second kappa shape index (κ2) is 5.85. The molecule has 1 saturated heterocycles. The average Bonchev–Trinajstić information content (AvgIpc) is 3.37. The zero-order valence-corrected chi connectivity index (χ0v) is 14.7. The van der Waals surface area contributed by atoms with Crippen molar-refractivity contribution in [1.29, 1.82) is 0 Å². The normalized spacial score (nSPS) is 26.0. The van der Waals surface area contributed by atoms with Crippen molar-refractivity contribution in [2.24, 2.45) is 5.41 Å². The maximum absolute atomic E-state index is 12.7. The van der Waals surface area contributed by atoms with Gasteiger partial charge in [-0.3, -0.25) is 0 Å². The molecule has 2 unspecified atom stereocenters. The van der Waals surface area contributed by atoms with Gasteiger partial charge in [0.1, 0.15) is 6.61 Å². The van der Waals surface area contributed by atoms with Gasteiger partial charge in [-0.2, -0.15) is 0 Å². The summed E-state index contributed by atoms with van der Waals surface area (Å²) in [5.41, 5.74) is 4.86. The summed E-state index contributed by atoms with van der Waals surface area (Å²) in [4.78, 5) is 14.5. The van der Waals surface area contributed by atoms with Crippen molar-refractivity contribution in [3.05, 3.63) is 59.7 Å². The minimum atomic E-state index is -0.230. The van der Waals surface area contributed by atoms with Crippen LogP contribution in [-0.4, -0.2) is 41.9 Å². The monoisotopic (exact) mass is 349 g/mol. The van der Waals surface area contributed by atoms with Gasteiger partial charge in [0, 0.05) is 23.9 Å². The fourth-order valence-corrected chi connectivity index (χ4v) is 5.16. The van der Waals surface area contributed by atoms with Crippen LogP contribution in [0.2, 0.25) is 0 Å². The van der Waals surface area contributed by atoms with Crippen molar-refractivity contribution in [2.45, 2.75) is 31.2 Å². The van der Waals surface area contributed by atoms with Gasteiger partial charge in [-0.15, -0.1) is 0 Å². The summed E-state index contributed by atoms with van der Waals surface area (Å²) in [5, 5.41) is 9.68. The first-order chi connectivity index (χ1) is 12.7. The number of fused-ring (bicyclic) bond motifs is 5. The van der Waals surface area contributed by atoms with Gasteiger partial charge in [-0.25, -0.2) is 4.79 Å². The number of hydrogen-bond acceptors (Lipinski definition) is 3. The molecule has 2 aromatic carbocycles. The Bertz CT molecular complexity index is 818. The van der Waals surface area contributed by atoms with E-state index in [4.69, 9.17) is 4.74 Å². The zero-order valence-electron chi connectivity index (χ0n) is 14.7. The Balaban J connectivity index is 1.34. The highest BCUT2D eigenvalue weighted by atomic mass is 16.6. The maximum Gasteiger partial charge on any atom is 0.410 e. The van der Waals surface area contributed by atoms with Gasteiger partial charge < -0.3 is 14.7 Å². The molecule has 2 aromatic rings. The quantitative estimate of drug-likeness (QED) is 0.917. The summed E-state index contributed by atoms with van der Waals surface area (Å²) in [5.74, 6) is 0.0953. The molecule has 26 heavy (non-hydrogen) atoms. The number of likely N-dealkylation sites (tertiary alicyclic amines) is 1. The van der Waals surface area contributed by atoms with E-state index in [1.807, 2.05) is 17.0 Å². The average molecular weight is 349 g/mol. The smallest absolute Gasteiger partial charge is 0.410 e. The van der Waals surface area contributed by atoms with Crippen molar-refractivity contribution in [3.63, 3.8) is 0 Å². The Hall–Kier alpha value is -2.33. The van der Waals surface area contributed by atoms with Gasteiger partial charge in [0.15, 0.2) is 0 Å². The molecule has 0 spiro atoms. The molecule has 4 heteroatoms. The summed E-state index contributed by atoms with van der Waals surface area (Å²) in [7, 11) is 0. The van der Waals surface area contributed by atoms with Crippen molar-refractivity contribution in [3.8, 4) is 11.1 Å². The number of aliphatic hydroxyl groups is 1. The number of benzene rings is 2.